The number of unbranched alkanes of at least 4 members (excludes halogenated alkanes) is 19. The van der Waals surface area contributed by atoms with E-state index in [1.807, 2.05) is 0 Å². The molecule has 0 saturated heterocycles. The van der Waals surface area contributed by atoms with Crippen LogP contribution in [0.15, 0.2) is 24.3 Å². The van der Waals surface area contributed by atoms with Crippen LogP contribution < -0.4 is 5.73 Å². The molecule has 1 unspecified atom stereocenters. The predicted octanol–water partition coefficient (Wildman–Crippen LogP) is 9.50. The number of nitrogens with two attached hydrogens (primary N) is 1. The lowest BCUT2D eigenvalue weighted by molar-refractivity contribution is -0.161. The molecule has 50 heavy (non-hydrogen) atoms. The third-order valence-electron chi connectivity index (χ3n) is 8.23. The number of aliphatic carboxylic acids is 1. The number of hydrogen-bond donors (Lipinski definition) is 3. The van der Waals surface area contributed by atoms with Crippen molar-refractivity contribution in [1.29, 1.82) is 0 Å². The van der Waals surface area contributed by atoms with Gasteiger partial charge in [-0.05, 0) is 38.5 Å². The number of esters is 2. The number of carbonyl (C=O) groups excluding carboxylic acids is 2. The van der Waals surface area contributed by atoms with Gasteiger partial charge in [-0.3, -0.25) is 23.4 Å². The number of phosphoric acid groups is 1. The number of phosphoric ester groups is 1. The van der Waals surface area contributed by atoms with E-state index >= 15 is 0 Å². The molecule has 292 valence electrons. The molecule has 0 amide bonds. The summed E-state index contributed by atoms with van der Waals surface area (Å²) in [7, 11) is -4.71. The third-order valence-corrected chi connectivity index (χ3v) is 9.18. The number of ether oxygens (including phenoxy) is 2. The maximum atomic E-state index is 12.5. The number of allylic oxidation sites excluding steroid dienone is 4. The minimum atomic E-state index is -4.71. The van der Waals surface area contributed by atoms with E-state index in [0.29, 0.717) is 12.8 Å². The molecular weight excluding hydrogens is 661 g/mol. The lowest BCUT2D eigenvalue weighted by atomic mass is 10.1. The molecule has 3 atom stereocenters. The van der Waals surface area contributed by atoms with Crippen molar-refractivity contribution in [2.75, 3.05) is 19.8 Å². The first kappa shape index (κ1) is 48.0. The van der Waals surface area contributed by atoms with Gasteiger partial charge < -0.3 is 25.2 Å². The van der Waals surface area contributed by atoms with E-state index in [9.17, 15) is 23.8 Å². The Hall–Kier alpha value is -2.04. The summed E-state index contributed by atoms with van der Waals surface area (Å²) in [5.74, 6) is -2.40. The van der Waals surface area contributed by atoms with Crippen molar-refractivity contribution in [3.8, 4) is 0 Å². The van der Waals surface area contributed by atoms with Crippen LogP contribution in [0, 0.1) is 0 Å². The summed E-state index contributed by atoms with van der Waals surface area (Å²) < 4.78 is 32.5. The standard InChI is InChI=1S/C38H70NO10P/c1-3-5-7-9-11-13-15-16-17-18-20-21-23-25-27-29-36(40)46-31-34(32-47-50(44,45)48-33-35(39)38(42)43)49-37(41)30-28-26-24-22-19-14-12-10-8-6-4-2/h13,15-17,34-35H,3-12,14,18-33,39H2,1-2H3,(H,42,43)(H,44,45)/b15-13+,17-16+/t34-,35+/m1/s1. The molecule has 0 aliphatic carbocycles. The fourth-order valence-corrected chi connectivity index (χ4v) is 5.89. The van der Waals surface area contributed by atoms with Crippen molar-refractivity contribution >= 4 is 25.7 Å². The topological polar surface area (TPSA) is 172 Å². The van der Waals surface area contributed by atoms with Gasteiger partial charge >= 0.3 is 25.7 Å². The molecule has 4 N–H and O–H groups in total. The van der Waals surface area contributed by atoms with E-state index in [0.717, 1.165) is 57.8 Å². The van der Waals surface area contributed by atoms with Gasteiger partial charge in [0.05, 0.1) is 13.2 Å². The summed E-state index contributed by atoms with van der Waals surface area (Å²) in [6.07, 6.45) is 32.5. The van der Waals surface area contributed by atoms with Crippen LogP contribution in [0.25, 0.3) is 0 Å². The number of rotatable bonds is 36. The molecule has 0 rings (SSSR count). The first-order chi connectivity index (χ1) is 24.1. The summed E-state index contributed by atoms with van der Waals surface area (Å²) >= 11 is 0. The normalized spacial score (nSPS) is 14.2. The largest absolute Gasteiger partial charge is 0.480 e. The smallest absolute Gasteiger partial charge is 0.472 e. The average Bonchev–Trinajstić information content (AvgIpc) is 3.09. The molecule has 0 radical (unpaired) electrons. The van der Waals surface area contributed by atoms with Crippen molar-refractivity contribution in [2.45, 2.75) is 180 Å². The van der Waals surface area contributed by atoms with Crippen LogP contribution in [0.3, 0.4) is 0 Å². The lowest BCUT2D eigenvalue weighted by Gasteiger charge is -2.20. The minimum Gasteiger partial charge on any atom is -0.480 e. The van der Waals surface area contributed by atoms with Gasteiger partial charge in [-0.1, -0.05) is 141 Å². The van der Waals surface area contributed by atoms with Gasteiger partial charge in [-0.15, -0.1) is 0 Å². The predicted molar refractivity (Wildman–Crippen MR) is 199 cm³/mol. The van der Waals surface area contributed by atoms with Gasteiger partial charge in [0.1, 0.15) is 12.6 Å². The first-order valence-electron chi connectivity index (χ1n) is 19.4. The highest BCUT2D eigenvalue weighted by atomic mass is 31.2. The molecule has 0 saturated carbocycles. The van der Waals surface area contributed by atoms with Gasteiger partial charge in [0.2, 0.25) is 0 Å². The quantitative estimate of drug-likeness (QED) is 0.0242. The van der Waals surface area contributed by atoms with Gasteiger partial charge in [0.25, 0.3) is 0 Å². The Morgan fingerprint density at radius 1 is 0.620 bits per heavy atom. The van der Waals surface area contributed by atoms with Crippen molar-refractivity contribution < 1.29 is 47.5 Å². The molecule has 0 heterocycles. The van der Waals surface area contributed by atoms with Gasteiger partial charge in [0.15, 0.2) is 6.10 Å². The Morgan fingerprint density at radius 2 is 1.04 bits per heavy atom. The monoisotopic (exact) mass is 731 g/mol. The Labute approximate surface area is 302 Å². The Balaban J connectivity index is 4.44. The molecule has 0 aliphatic rings. The van der Waals surface area contributed by atoms with Crippen LogP contribution in [0.4, 0.5) is 0 Å². The zero-order valence-corrected chi connectivity index (χ0v) is 32.1. The molecular formula is C38H70NO10P. The van der Waals surface area contributed by atoms with Crippen LogP contribution >= 0.6 is 7.82 Å². The first-order valence-corrected chi connectivity index (χ1v) is 20.9. The fraction of sp³-hybridized carbons (Fsp3) is 0.816. The summed E-state index contributed by atoms with van der Waals surface area (Å²) in [5, 5.41) is 8.85. The van der Waals surface area contributed by atoms with Crippen molar-refractivity contribution in [3.63, 3.8) is 0 Å². The second-order valence-electron chi connectivity index (χ2n) is 13.1. The highest BCUT2D eigenvalue weighted by Crippen LogP contribution is 2.43. The average molecular weight is 732 g/mol. The Bertz CT molecular complexity index is 958. The molecule has 12 heteroatoms. The highest BCUT2D eigenvalue weighted by Gasteiger charge is 2.28. The van der Waals surface area contributed by atoms with E-state index in [1.165, 1.54) is 70.6 Å². The Morgan fingerprint density at radius 3 is 1.54 bits per heavy atom. The maximum Gasteiger partial charge on any atom is 0.472 e. The highest BCUT2D eigenvalue weighted by molar-refractivity contribution is 7.47. The number of carbonyl (C=O) groups is 3. The van der Waals surface area contributed by atoms with E-state index < -0.39 is 51.1 Å². The van der Waals surface area contributed by atoms with Crippen LogP contribution in [0.1, 0.15) is 168 Å². The minimum absolute atomic E-state index is 0.161. The number of hydrogen-bond acceptors (Lipinski definition) is 9. The molecule has 0 aliphatic heterocycles. The maximum absolute atomic E-state index is 12.5. The molecule has 11 nitrogen and oxygen atoms in total. The van der Waals surface area contributed by atoms with Gasteiger partial charge in [-0.25, -0.2) is 4.57 Å². The third kappa shape index (κ3) is 33.1. The van der Waals surface area contributed by atoms with Crippen molar-refractivity contribution in [1.82, 2.24) is 0 Å². The lowest BCUT2D eigenvalue weighted by Crippen LogP contribution is -2.34. The van der Waals surface area contributed by atoms with Crippen LogP contribution in [-0.4, -0.2) is 59.9 Å². The SMILES string of the molecule is CCCCCC/C=C/C=C/CCCCCCCC(=O)OC[C@H](COP(=O)(O)OC[C@H](N)C(=O)O)OC(=O)CCCCCCCCCCCCC. The summed E-state index contributed by atoms with van der Waals surface area (Å²) in [5.41, 5.74) is 5.31. The zero-order valence-electron chi connectivity index (χ0n) is 31.2. The van der Waals surface area contributed by atoms with Crippen LogP contribution in [0.5, 0.6) is 0 Å². The van der Waals surface area contributed by atoms with Crippen molar-refractivity contribution in [2.24, 2.45) is 5.73 Å². The zero-order chi connectivity index (χ0) is 37.1. The van der Waals surface area contributed by atoms with E-state index in [1.54, 1.807) is 0 Å². The van der Waals surface area contributed by atoms with E-state index in [-0.39, 0.29) is 19.4 Å². The summed E-state index contributed by atoms with van der Waals surface area (Å²) in [4.78, 5) is 45.7. The van der Waals surface area contributed by atoms with Crippen molar-refractivity contribution in [3.05, 3.63) is 24.3 Å². The molecule has 0 bridgehead atoms. The van der Waals surface area contributed by atoms with Crippen LogP contribution in [0.2, 0.25) is 0 Å². The second-order valence-corrected chi connectivity index (χ2v) is 14.6. The number of carboxylic acid groups (broad SMARTS) is 1. The fourth-order valence-electron chi connectivity index (χ4n) is 5.11. The summed E-state index contributed by atoms with van der Waals surface area (Å²) in [6, 6.07) is -1.52. The molecule has 0 aromatic rings. The molecule has 0 spiro atoms. The van der Waals surface area contributed by atoms with Gasteiger partial charge in [0, 0.05) is 12.8 Å². The Kier molecular flexibility index (Phi) is 32.7. The molecule has 0 aromatic carbocycles. The summed E-state index contributed by atoms with van der Waals surface area (Å²) in [6.45, 7) is 2.74. The molecule has 0 aromatic heterocycles. The van der Waals surface area contributed by atoms with Crippen LogP contribution in [-0.2, 0) is 37.5 Å². The van der Waals surface area contributed by atoms with E-state index in [2.05, 4.69) is 42.7 Å². The molecule has 0 fully saturated rings. The number of carboxylic acids is 1. The van der Waals surface area contributed by atoms with E-state index in [4.69, 9.17) is 24.8 Å². The van der Waals surface area contributed by atoms with Gasteiger partial charge in [-0.2, -0.15) is 0 Å². The second kappa shape index (κ2) is 34.1.